The topological polar surface area (TPSA) is 121 Å². The van der Waals surface area contributed by atoms with Crippen molar-refractivity contribution in [3.8, 4) is 18.2 Å². The lowest BCUT2D eigenvalue weighted by Gasteiger charge is -2.53. The third-order valence-corrected chi connectivity index (χ3v) is 6.38. The molecule has 1 atom stereocenters. The predicted molar refractivity (Wildman–Crippen MR) is 102 cm³/mol. The lowest BCUT2D eigenvalue weighted by Crippen LogP contribution is -2.53. The van der Waals surface area contributed by atoms with Crippen molar-refractivity contribution in [2.24, 2.45) is 28.4 Å². The van der Waals surface area contributed by atoms with Crippen molar-refractivity contribution in [1.29, 1.82) is 15.8 Å². The number of fused-ring (bicyclic) bond motifs is 2. The summed E-state index contributed by atoms with van der Waals surface area (Å²) in [5.41, 5.74) is 6.03. The maximum Gasteiger partial charge on any atom is 0.204 e. The van der Waals surface area contributed by atoms with E-state index in [9.17, 15) is 15.8 Å². The van der Waals surface area contributed by atoms with Crippen LogP contribution in [0.4, 0.5) is 0 Å². The lowest BCUT2D eigenvalue weighted by atomic mass is 9.50. The minimum absolute atomic E-state index is 0.0185. The number of aliphatic hydroxyl groups excluding tert-OH is 1. The first kappa shape index (κ1) is 21.0. The normalized spacial score (nSPS) is 32.1. The minimum Gasteiger partial charge on any atom is -0.399 e. The summed E-state index contributed by atoms with van der Waals surface area (Å²) in [5.74, 6) is 0.661. The number of nitrogens with zero attached hydrogens (tertiary/aromatic N) is 4. The molecule has 1 aliphatic heterocycles. The van der Waals surface area contributed by atoms with Crippen molar-refractivity contribution in [2.75, 3.05) is 26.7 Å². The number of aliphatic hydroxyl groups is 1. The summed E-state index contributed by atoms with van der Waals surface area (Å²) in [4.78, 5) is 2.20. The maximum absolute atomic E-state index is 9.88. The second-order valence-electron chi connectivity index (χ2n) is 7.96. The van der Waals surface area contributed by atoms with E-state index >= 15 is 0 Å². The van der Waals surface area contributed by atoms with Crippen LogP contribution in [0.2, 0.25) is 0 Å². The molecular formula is C21H29N5O. The Labute approximate surface area is 162 Å². The molecule has 0 aromatic heterocycles. The first-order valence-corrected chi connectivity index (χ1v) is 9.60. The molecule has 1 spiro atoms. The Morgan fingerprint density at radius 1 is 1.26 bits per heavy atom. The summed E-state index contributed by atoms with van der Waals surface area (Å²) in [6, 6.07) is 6.60. The monoisotopic (exact) mass is 367 g/mol. The van der Waals surface area contributed by atoms with Crippen LogP contribution in [0.3, 0.4) is 0 Å². The molecule has 0 bridgehead atoms. The molecule has 3 aliphatic rings. The van der Waals surface area contributed by atoms with Crippen LogP contribution in [-0.4, -0.2) is 36.8 Å². The van der Waals surface area contributed by atoms with Crippen molar-refractivity contribution in [1.82, 2.24) is 4.90 Å². The summed E-state index contributed by atoms with van der Waals surface area (Å²) < 4.78 is 0. The van der Waals surface area contributed by atoms with Gasteiger partial charge in [-0.2, -0.15) is 15.8 Å². The third-order valence-electron chi connectivity index (χ3n) is 6.38. The Morgan fingerprint density at radius 3 is 2.30 bits per heavy atom. The largest absolute Gasteiger partial charge is 0.399 e. The average Bonchev–Trinajstić information content (AvgIpc) is 2.66. The molecule has 3 N–H and O–H groups in total. The standard InChI is InChI=1S/C19H23N5.C2H6O/c1-13-3-6-18(7-4-13)15(9-20)17(23)19(11-21,12-22)14-5-8-24(2)10-16(14)18;1-2-3/h5,13,16H,3-4,6-8,10,23H2,1-2H3;3H,2H2,1H3. The van der Waals surface area contributed by atoms with E-state index in [0.29, 0.717) is 18.0 Å². The molecule has 3 rings (SSSR count). The number of likely N-dealkylation sites (N-methyl/N-ethyl adjacent to an activating group) is 1. The Kier molecular flexibility index (Phi) is 6.32. The fourth-order valence-corrected chi connectivity index (χ4v) is 4.88. The first-order valence-electron chi connectivity index (χ1n) is 9.60. The summed E-state index contributed by atoms with van der Waals surface area (Å²) in [6.07, 6.45) is 5.92. The van der Waals surface area contributed by atoms with Gasteiger partial charge in [0.05, 0.1) is 29.5 Å². The molecule has 0 aromatic rings. The summed E-state index contributed by atoms with van der Waals surface area (Å²) in [5, 5.41) is 37.1. The Hall–Kier alpha value is -2.33. The molecule has 1 heterocycles. The third kappa shape index (κ3) is 3.23. The fourth-order valence-electron chi connectivity index (χ4n) is 4.88. The van der Waals surface area contributed by atoms with Gasteiger partial charge in [0, 0.05) is 31.0 Å². The molecule has 0 amide bonds. The van der Waals surface area contributed by atoms with Gasteiger partial charge in [0.1, 0.15) is 0 Å². The van der Waals surface area contributed by atoms with Gasteiger partial charge in [-0.05, 0) is 51.1 Å². The van der Waals surface area contributed by atoms with Gasteiger partial charge in [-0.15, -0.1) is 0 Å². The van der Waals surface area contributed by atoms with Gasteiger partial charge in [0.25, 0.3) is 0 Å². The number of nitrogens with two attached hydrogens (primary N) is 1. The van der Waals surface area contributed by atoms with E-state index in [1.165, 1.54) is 0 Å². The highest BCUT2D eigenvalue weighted by Gasteiger charge is 2.58. The molecule has 1 saturated carbocycles. The van der Waals surface area contributed by atoms with Crippen LogP contribution < -0.4 is 5.73 Å². The van der Waals surface area contributed by atoms with Gasteiger partial charge in [-0.3, -0.25) is 0 Å². The molecule has 0 aromatic carbocycles. The Morgan fingerprint density at radius 2 is 1.81 bits per heavy atom. The number of nitriles is 3. The molecule has 1 fully saturated rings. The number of hydrogen-bond donors (Lipinski definition) is 2. The molecule has 0 radical (unpaired) electrons. The predicted octanol–water partition coefficient (Wildman–Crippen LogP) is 2.45. The second-order valence-corrected chi connectivity index (χ2v) is 7.96. The van der Waals surface area contributed by atoms with E-state index in [1.807, 2.05) is 13.1 Å². The second kappa shape index (κ2) is 8.13. The molecule has 1 unspecified atom stereocenters. The molecule has 6 nitrogen and oxygen atoms in total. The van der Waals surface area contributed by atoms with Crippen LogP contribution in [-0.2, 0) is 0 Å². The van der Waals surface area contributed by atoms with Crippen LogP contribution in [0.5, 0.6) is 0 Å². The van der Waals surface area contributed by atoms with Gasteiger partial charge in [-0.25, -0.2) is 0 Å². The zero-order chi connectivity index (χ0) is 20.2. The van der Waals surface area contributed by atoms with Gasteiger partial charge in [0.2, 0.25) is 5.41 Å². The summed E-state index contributed by atoms with van der Waals surface area (Å²) in [6.45, 7) is 5.65. The molecular weight excluding hydrogens is 338 g/mol. The summed E-state index contributed by atoms with van der Waals surface area (Å²) >= 11 is 0. The van der Waals surface area contributed by atoms with Crippen LogP contribution in [0, 0.1) is 56.7 Å². The highest BCUT2D eigenvalue weighted by Crippen LogP contribution is 2.60. The Bertz CT molecular complexity index is 739. The summed E-state index contributed by atoms with van der Waals surface area (Å²) in [7, 11) is 2.04. The number of allylic oxidation sites excluding steroid dienone is 2. The fraction of sp³-hybridized carbons (Fsp3) is 0.667. The van der Waals surface area contributed by atoms with Crippen molar-refractivity contribution in [3.05, 3.63) is 22.9 Å². The van der Waals surface area contributed by atoms with Crippen molar-refractivity contribution in [2.45, 2.75) is 39.5 Å². The quantitative estimate of drug-likeness (QED) is 0.634. The van der Waals surface area contributed by atoms with Gasteiger partial charge < -0.3 is 15.7 Å². The lowest BCUT2D eigenvalue weighted by molar-refractivity contribution is 0.0914. The average molecular weight is 367 g/mol. The maximum atomic E-state index is 9.88. The molecule has 6 heteroatoms. The SMILES string of the molecule is CC1CCC2(CC1)C(C#N)=C(N)C(C#N)(C#N)C1=CCN(C)CC12.CCO. The number of rotatable bonds is 0. The van der Waals surface area contributed by atoms with Crippen LogP contribution in [0.25, 0.3) is 0 Å². The molecule has 27 heavy (non-hydrogen) atoms. The highest BCUT2D eigenvalue weighted by molar-refractivity contribution is 5.57. The molecule has 2 aliphatic carbocycles. The van der Waals surface area contributed by atoms with E-state index in [2.05, 4.69) is 30.0 Å². The highest BCUT2D eigenvalue weighted by atomic mass is 16.2. The van der Waals surface area contributed by atoms with Gasteiger partial charge in [-0.1, -0.05) is 13.0 Å². The van der Waals surface area contributed by atoms with E-state index < -0.39 is 5.41 Å². The van der Waals surface area contributed by atoms with E-state index in [-0.39, 0.29) is 23.6 Å². The smallest absolute Gasteiger partial charge is 0.204 e. The molecule has 0 saturated heterocycles. The van der Waals surface area contributed by atoms with E-state index in [4.69, 9.17) is 10.8 Å². The zero-order valence-corrected chi connectivity index (χ0v) is 16.5. The van der Waals surface area contributed by atoms with Crippen molar-refractivity contribution in [3.63, 3.8) is 0 Å². The van der Waals surface area contributed by atoms with Crippen molar-refractivity contribution >= 4 is 0 Å². The zero-order valence-electron chi connectivity index (χ0n) is 16.5. The van der Waals surface area contributed by atoms with Crippen LogP contribution in [0.1, 0.15) is 39.5 Å². The number of hydrogen-bond acceptors (Lipinski definition) is 6. The van der Waals surface area contributed by atoms with E-state index in [0.717, 1.165) is 37.8 Å². The Balaban J connectivity index is 0.000000817. The first-order chi connectivity index (χ1) is 12.9. The van der Waals surface area contributed by atoms with Crippen molar-refractivity contribution < 1.29 is 5.11 Å². The molecule has 144 valence electrons. The van der Waals surface area contributed by atoms with Crippen LogP contribution >= 0.6 is 0 Å². The van der Waals surface area contributed by atoms with Crippen LogP contribution in [0.15, 0.2) is 22.9 Å². The van der Waals surface area contributed by atoms with Gasteiger partial charge >= 0.3 is 0 Å². The van der Waals surface area contributed by atoms with E-state index in [1.54, 1.807) is 6.92 Å². The minimum atomic E-state index is -1.48. The van der Waals surface area contributed by atoms with Gasteiger partial charge in [0.15, 0.2) is 0 Å².